The molecule has 24 heavy (non-hydrogen) atoms. The van der Waals surface area contributed by atoms with E-state index in [1.807, 2.05) is 0 Å². The van der Waals surface area contributed by atoms with Gasteiger partial charge in [0.1, 0.15) is 12.3 Å². The van der Waals surface area contributed by atoms with E-state index in [-0.39, 0.29) is 11.5 Å². The number of thioether (sulfide) groups is 1. The van der Waals surface area contributed by atoms with E-state index in [4.69, 9.17) is 16.2 Å². The Morgan fingerprint density at radius 2 is 1.96 bits per heavy atom. The molecule has 0 aromatic heterocycles. The number of carbonyl (C=O) groups excluding carboxylic acids is 4. The van der Waals surface area contributed by atoms with Crippen LogP contribution in [0.3, 0.4) is 0 Å². The molecule has 126 valence electrons. The molecule has 4 amide bonds. The van der Waals surface area contributed by atoms with Crippen LogP contribution in [0.5, 0.6) is 5.75 Å². The molecule has 1 heterocycles. The Bertz CT molecular complexity index is 765. The number of nitrogens with two attached hydrogens (primary N) is 2. The van der Waals surface area contributed by atoms with Gasteiger partial charge in [0.15, 0.2) is 6.61 Å². The number of hydrogen-bond donors (Lipinski definition) is 2. The number of hydrogen-bond acceptors (Lipinski definition) is 6. The Morgan fingerprint density at radius 1 is 1.25 bits per heavy atom. The van der Waals surface area contributed by atoms with E-state index < -0.39 is 29.5 Å². The van der Waals surface area contributed by atoms with Crippen molar-refractivity contribution in [3.63, 3.8) is 0 Å². The van der Waals surface area contributed by atoms with Crippen LogP contribution in [-0.2, 0) is 14.4 Å². The van der Waals surface area contributed by atoms with E-state index in [0.29, 0.717) is 15.8 Å². The Labute approximate surface area is 149 Å². The van der Waals surface area contributed by atoms with Crippen LogP contribution < -0.4 is 16.2 Å². The molecule has 0 aliphatic carbocycles. The zero-order chi connectivity index (χ0) is 17.9. The van der Waals surface area contributed by atoms with Gasteiger partial charge in [-0.25, -0.2) is 0 Å². The summed E-state index contributed by atoms with van der Waals surface area (Å²) in [6.45, 7) is -0.713. The minimum atomic E-state index is -0.766. The molecule has 0 atom stereocenters. The summed E-state index contributed by atoms with van der Waals surface area (Å²) in [4.78, 5) is 46.4. The lowest BCUT2D eigenvalue weighted by atomic mass is 10.2. The van der Waals surface area contributed by atoms with Gasteiger partial charge >= 0.3 is 0 Å². The molecule has 0 bridgehead atoms. The number of imide groups is 1. The van der Waals surface area contributed by atoms with Crippen LogP contribution in [0.1, 0.15) is 5.56 Å². The number of carbonyl (C=O) groups is 4. The summed E-state index contributed by atoms with van der Waals surface area (Å²) in [5, 5.41) is -0.550. The summed E-state index contributed by atoms with van der Waals surface area (Å²) in [6, 6.07) is 4.88. The SMILES string of the molecule is NC(=O)COc1ccc(/C=C2\SC(=O)N(CC(N)=O)C2=O)cc1Br. The Morgan fingerprint density at radius 3 is 2.54 bits per heavy atom. The monoisotopic (exact) mass is 413 g/mol. The van der Waals surface area contributed by atoms with Crippen molar-refractivity contribution in [1.29, 1.82) is 0 Å². The fourth-order valence-corrected chi connectivity index (χ4v) is 3.17. The van der Waals surface area contributed by atoms with Crippen molar-refractivity contribution in [2.45, 2.75) is 0 Å². The van der Waals surface area contributed by atoms with E-state index >= 15 is 0 Å². The number of benzene rings is 1. The molecule has 0 unspecified atom stereocenters. The van der Waals surface area contributed by atoms with Gasteiger partial charge in [-0.05, 0) is 51.5 Å². The first-order chi connectivity index (χ1) is 11.3. The second-order valence-corrected chi connectivity index (χ2v) is 6.53. The number of nitrogens with zero attached hydrogens (tertiary/aromatic N) is 1. The molecule has 1 fully saturated rings. The number of halogens is 1. The van der Waals surface area contributed by atoms with Crippen molar-refractivity contribution in [2.75, 3.05) is 13.2 Å². The van der Waals surface area contributed by atoms with Crippen molar-refractivity contribution < 1.29 is 23.9 Å². The zero-order valence-electron chi connectivity index (χ0n) is 12.2. The van der Waals surface area contributed by atoms with E-state index in [1.54, 1.807) is 18.2 Å². The second kappa shape index (κ2) is 7.49. The molecule has 0 spiro atoms. The van der Waals surface area contributed by atoms with Gasteiger partial charge in [0.25, 0.3) is 17.1 Å². The van der Waals surface area contributed by atoms with Gasteiger partial charge in [0.05, 0.1) is 9.38 Å². The van der Waals surface area contributed by atoms with Gasteiger partial charge in [-0.3, -0.25) is 24.1 Å². The van der Waals surface area contributed by atoms with Gasteiger partial charge in [-0.15, -0.1) is 0 Å². The van der Waals surface area contributed by atoms with E-state index in [9.17, 15) is 19.2 Å². The van der Waals surface area contributed by atoms with Crippen molar-refractivity contribution in [2.24, 2.45) is 11.5 Å². The topological polar surface area (TPSA) is 133 Å². The van der Waals surface area contributed by atoms with E-state index in [2.05, 4.69) is 15.9 Å². The molecule has 2 rings (SSSR count). The Balaban J connectivity index is 2.18. The standard InChI is InChI=1S/C14H12BrN3O5S/c15-8-3-7(1-2-9(8)23-6-12(17)20)4-10-13(21)18(5-11(16)19)14(22)24-10/h1-4H,5-6H2,(H2,16,19)(H2,17,20)/b10-4-. The van der Waals surface area contributed by atoms with Gasteiger partial charge in [-0.1, -0.05) is 6.07 Å². The van der Waals surface area contributed by atoms with E-state index in [0.717, 1.165) is 16.7 Å². The predicted molar refractivity (Wildman–Crippen MR) is 90.7 cm³/mol. The minimum Gasteiger partial charge on any atom is -0.483 e. The highest BCUT2D eigenvalue weighted by molar-refractivity contribution is 9.10. The van der Waals surface area contributed by atoms with Crippen LogP contribution >= 0.6 is 27.7 Å². The predicted octanol–water partition coefficient (Wildman–Crippen LogP) is 0.835. The van der Waals surface area contributed by atoms with Gasteiger partial charge < -0.3 is 16.2 Å². The van der Waals surface area contributed by atoms with Crippen LogP contribution in [-0.4, -0.2) is 41.0 Å². The number of primary amides is 2. The normalized spacial score (nSPS) is 15.9. The van der Waals surface area contributed by atoms with Crippen molar-refractivity contribution in [1.82, 2.24) is 4.90 Å². The van der Waals surface area contributed by atoms with Crippen LogP contribution in [0.25, 0.3) is 6.08 Å². The summed E-state index contributed by atoms with van der Waals surface area (Å²) in [5.74, 6) is -1.53. The summed E-state index contributed by atoms with van der Waals surface area (Å²) < 4.78 is 5.74. The minimum absolute atomic E-state index is 0.180. The molecular weight excluding hydrogens is 402 g/mol. The number of amides is 4. The lowest BCUT2D eigenvalue weighted by Gasteiger charge is -2.08. The fraction of sp³-hybridized carbons (Fsp3) is 0.143. The number of ether oxygens (including phenoxy) is 1. The zero-order valence-corrected chi connectivity index (χ0v) is 14.6. The van der Waals surface area contributed by atoms with E-state index in [1.165, 1.54) is 6.08 Å². The highest BCUT2D eigenvalue weighted by Gasteiger charge is 2.35. The average Bonchev–Trinajstić information content (AvgIpc) is 2.73. The summed E-state index contributed by atoms with van der Waals surface area (Å²) >= 11 is 4.01. The van der Waals surface area contributed by atoms with Gasteiger partial charge in [-0.2, -0.15) is 0 Å². The molecule has 1 aliphatic rings. The first kappa shape index (κ1) is 18.0. The molecule has 1 aromatic carbocycles. The quantitative estimate of drug-likeness (QED) is 0.663. The fourth-order valence-electron chi connectivity index (χ4n) is 1.82. The largest absolute Gasteiger partial charge is 0.483 e. The third-order valence-electron chi connectivity index (χ3n) is 2.81. The molecule has 0 radical (unpaired) electrons. The summed E-state index contributed by atoms with van der Waals surface area (Å²) in [5.41, 5.74) is 10.6. The molecule has 0 saturated carbocycles. The van der Waals surface area contributed by atoms with Crippen LogP contribution in [0.2, 0.25) is 0 Å². The third-order valence-corrected chi connectivity index (χ3v) is 4.34. The van der Waals surface area contributed by atoms with Crippen LogP contribution in [0, 0.1) is 0 Å². The molecule has 1 aromatic rings. The first-order valence-corrected chi connectivity index (χ1v) is 8.13. The Hall–Kier alpha value is -2.33. The van der Waals surface area contributed by atoms with Crippen molar-refractivity contribution in [3.05, 3.63) is 33.1 Å². The van der Waals surface area contributed by atoms with Crippen molar-refractivity contribution >= 4 is 56.7 Å². The summed E-state index contributed by atoms with van der Waals surface area (Å²) in [6.07, 6.45) is 1.51. The smallest absolute Gasteiger partial charge is 0.294 e. The molecule has 10 heteroatoms. The molecule has 1 aliphatic heterocycles. The number of rotatable bonds is 6. The molecule has 8 nitrogen and oxygen atoms in total. The maximum Gasteiger partial charge on any atom is 0.294 e. The second-order valence-electron chi connectivity index (χ2n) is 4.68. The highest BCUT2D eigenvalue weighted by atomic mass is 79.9. The van der Waals surface area contributed by atoms with Crippen LogP contribution in [0.4, 0.5) is 4.79 Å². The maximum atomic E-state index is 12.1. The average molecular weight is 414 g/mol. The lowest BCUT2D eigenvalue weighted by Crippen LogP contribution is -2.36. The Kier molecular flexibility index (Phi) is 5.62. The highest BCUT2D eigenvalue weighted by Crippen LogP contribution is 2.33. The van der Waals surface area contributed by atoms with Crippen LogP contribution in [0.15, 0.2) is 27.6 Å². The van der Waals surface area contributed by atoms with Gasteiger partial charge in [0, 0.05) is 0 Å². The summed E-state index contributed by atoms with van der Waals surface area (Å²) in [7, 11) is 0. The third kappa shape index (κ3) is 4.36. The molecular formula is C14H12BrN3O5S. The van der Waals surface area contributed by atoms with Gasteiger partial charge in [0.2, 0.25) is 5.91 Å². The first-order valence-electron chi connectivity index (χ1n) is 6.52. The molecule has 4 N–H and O–H groups in total. The maximum absolute atomic E-state index is 12.1. The molecule has 1 saturated heterocycles. The van der Waals surface area contributed by atoms with Crippen molar-refractivity contribution in [3.8, 4) is 5.75 Å². The lowest BCUT2D eigenvalue weighted by molar-refractivity contribution is -0.127.